The number of para-hydroxylation sites is 1. The molecule has 2 aromatic rings. The highest BCUT2D eigenvalue weighted by molar-refractivity contribution is 7.89. The van der Waals surface area contributed by atoms with Gasteiger partial charge in [0.2, 0.25) is 15.9 Å². The summed E-state index contributed by atoms with van der Waals surface area (Å²) in [4.78, 5) is 27.4. The SMILES string of the molecule is COc1ccccc1C(=O)N[C@H](C(=O)N1CCN(S(=O)(=O)c2cccc(F)c2)CC1)C(C)C. The van der Waals surface area contributed by atoms with E-state index in [1.807, 2.05) is 13.8 Å². The van der Waals surface area contributed by atoms with Crippen LogP contribution < -0.4 is 10.1 Å². The maximum absolute atomic E-state index is 13.5. The number of carbonyl (C=O) groups excluding carboxylic acids is 2. The molecule has 2 amide bonds. The van der Waals surface area contributed by atoms with E-state index in [0.717, 1.165) is 6.07 Å². The van der Waals surface area contributed by atoms with Gasteiger partial charge in [0.15, 0.2) is 0 Å². The molecule has 0 saturated carbocycles. The van der Waals surface area contributed by atoms with Crippen LogP contribution in [0.3, 0.4) is 0 Å². The molecule has 0 aromatic heterocycles. The standard InChI is InChI=1S/C23H28FN3O5S/c1-16(2)21(25-22(28)19-9-4-5-10-20(19)32-3)23(29)26-11-13-27(14-12-26)33(30,31)18-8-6-7-17(24)15-18/h4-10,15-16,21H,11-14H2,1-3H3,(H,25,28)/t21-/m0/s1. The molecule has 1 aliphatic heterocycles. The normalized spacial score (nSPS) is 15.8. The van der Waals surface area contributed by atoms with Crippen LogP contribution in [0.15, 0.2) is 53.4 Å². The average molecular weight is 478 g/mol. The molecule has 8 nitrogen and oxygen atoms in total. The van der Waals surface area contributed by atoms with Crippen molar-refractivity contribution >= 4 is 21.8 Å². The molecule has 0 radical (unpaired) electrons. The Bertz CT molecular complexity index is 1110. The van der Waals surface area contributed by atoms with Gasteiger partial charge in [-0.3, -0.25) is 9.59 Å². The van der Waals surface area contributed by atoms with Gasteiger partial charge < -0.3 is 15.0 Å². The first kappa shape index (κ1) is 24.7. The molecule has 3 rings (SSSR count). The van der Waals surface area contributed by atoms with Crippen LogP contribution in [0.4, 0.5) is 4.39 Å². The van der Waals surface area contributed by atoms with E-state index in [1.54, 1.807) is 29.2 Å². The number of piperazine rings is 1. The topological polar surface area (TPSA) is 96.0 Å². The van der Waals surface area contributed by atoms with Crippen molar-refractivity contribution in [2.75, 3.05) is 33.3 Å². The van der Waals surface area contributed by atoms with Gasteiger partial charge in [-0.2, -0.15) is 4.31 Å². The predicted molar refractivity (Wildman–Crippen MR) is 121 cm³/mol. The molecule has 1 fully saturated rings. The van der Waals surface area contributed by atoms with Crippen molar-refractivity contribution in [2.45, 2.75) is 24.8 Å². The number of hydrogen-bond acceptors (Lipinski definition) is 5. The summed E-state index contributed by atoms with van der Waals surface area (Å²) in [5.74, 6) is -1.12. The number of hydrogen-bond donors (Lipinski definition) is 1. The summed E-state index contributed by atoms with van der Waals surface area (Å²) < 4.78 is 45.6. The van der Waals surface area contributed by atoms with E-state index in [9.17, 15) is 22.4 Å². The fourth-order valence-corrected chi connectivity index (χ4v) is 5.14. The Morgan fingerprint density at radius 2 is 1.70 bits per heavy atom. The van der Waals surface area contributed by atoms with E-state index in [1.165, 1.54) is 29.6 Å². The molecular weight excluding hydrogens is 449 g/mol. The molecule has 2 aromatic carbocycles. The Morgan fingerprint density at radius 1 is 1.03 bits per heavy atom. The van der Waals surface area contributed by atoms with E-state index in [2.05, 4.69) is 5.32 Å². The van der Waals surface area contributed by atoms with Gasteiger partial charge in [-0.05, 0) is 36.2 Å². The van der Waals surface area contributed by atoms with Crippen LogP contribution in [0, 0.1) is 11.7 Å². The third-order valence-electron chi connectivity index (χ3n) is 5.56. The highest BCUT2D eigenvalue weighted by Crippen LogP contribution is 2.21. The highest BCUT2D eigenvalue weighted by Gasteiger charge is 2.34. The minimum Gasteiger partial charge on any atom is -0.496 e. The van der Waals surface area contributed by atoms with Crippen LogP contribution >= 0.6 is 0 Å². The van der Waals surface area contributed by atoms with Crippen LogP contribution in [0.5, 0.6) is 5.75 Å². The molecule has 1 aliphatic rings. The van der Waals surface area contributed by atoms with Crippen molar-refractivity contribution in [1.82, 2.24) is 14.5 Å². The molecule has 0 bridgehead atoms. The lowest BCUT2D eigenvalue weighted by Crippen LogP contribution is -2.57. The summed E-state index contributed by atoms with van der Waals surface area (Å²) in [6.45, 7) is 4.15. The summed E-state index contributed by atoms with van der Waals surface area (Å²) in [7, 11) is -2.39. The molecule has 33 heavy (non-hydrogen) atoms. The van der Waals surface area contributed by atoms with Gasteiger partial charge in [-0.1, -0.05) is 32.0 Å². The molecule has 0 unspecified atom stereocenters. The first-order valence-corrected chi connectivity index (χ1v) is 12.1. The number of nitrogens with zero attached hydrogens (tertiary/aromatic N) is 2. The number of methoxy groups -OCH3 is 1. The fraction of sp³-hybridized carbons (Fsp3) is 0.391. The zero-order valence-electron chi connectivity index (χ0n) is 18.8. The smallest absolute Gasteiger partial charge is 0.255 e. The third-order valence-corrected chi connectivity index (χ3v) is 7.45. The van der Waals surface area contributed by atoms with Crippen LogP contribution in [0.2, 0.25) is 0 Å². The van der Waals surface area contributed by atoms with Gasteiger partial charge in [0, 0.05) is 26.2 Å². The number of nitrogens with one attached hydrogen (secondary N) is 1. The Balaban J connectivity index is 1.68. The second-order valence-electron chi connectivity index (χ2n) is 8.08. The minimum atomic E-state index is -3.86. The molecule has 1 saturated heterocycles. The maximum Gasteiger partial charge on any atom is 0.255 e. The Labute approximate surface area is 193 Å². The molecule has 1 atom stereocenters. The number of sulfonamides is 1. The fourth-order valence-electron chi connectivity index (χ4n) is 3.69. The molecule has 1 N–H and O–H groups in total. The van der Waals surface area contributed by atoms with Crippen molar-refractivity contribution in [2.24, 2.45) is 5.92 Å². The van der Waals surface area contributed by atoms with E-state index < -0.39 is 27.8 Å². The summed E-state index contributed by atoms with van der Waals surface area (Å²) in [6, 6.07) is 10.8. The summed E-state index contributed by atoms with van der Waals surface area (Å²) in [6.07, 6.45) is 0. The number of carbonyl (C=O) groups is 2. The Kier molecular flexibility index (Phi) is 7.70. The Morgan fingerprint density at radius 3 is 2.30 bits per heavy atom. The summed E-state index contributed by atoms with van der Waals surface area (Å²) in [5, 5.41) is 2.79. The third kappa shape index (κ3) is 5.51. The number of rotatable bonds is 7. The number of benzene rings is 2. The molecule has 0 aliphatic carbocycles. The highest BCUT2D eigenvalue weighted by atomic mass is 32.2. The lowest BCUT2D eigenvalue weighted by molar-refractivity contribution is -0.135. The molecule has 178 valence electrons. The minimum absolute atomic E-state index is 0.0792. The van der Waals surface area contributed by atoms with Crippen molar-refractivity contribution in [3.63, 3.8) is 0 Å². The first-order chi connectivity index (χ1) is 15.6. The van der Waals surface area contributed by atoms with Gasteiger partial charge in [-0.15, -0.1) is 0 Å². The number of ether oxygens (including phenoxy) is 1. The van der Waals surface area contributed by atoms with Crippen molar-refractivity contribution in [3.05, 3.63) is 59.9 Å². The van der Waals surface area contributed by atoms with Crippen LogP contribution in [0.1, 0.15) is 24.2 Å². The summed E-state index contributed by atoms with van der Waals surface area (Å²) >= 11 is 0. The van der Waals surface area contributed by atoms with Crippen molar-refractivity contribution in [1.29, 1.82) is 0 Å². The van der Waals surface area contributed by atoms with Crippen molar-refractivity contribution < 1.29 is 27.1 Å². The zero-order valence-corrected chi connectivity index (χ0v) is 19.6. The van der Waals surface area contributed by atoms with Gasteiger partial charge in [0.05, 0.1) is 17.6 Å². The molecule has 0 spiro atoms. The zero-order chi connectivity index (χ0) is 24.2. The predicted octanol–water partition coefficient (Wildman–Crippen LogP) is 2.12. The second kappa shape index (κ2) is 10.3. The van der Waals surface area contributed by atoms with Crippen molar-refractivity contribution in [3.8, 4) is 5.75 Å². The molecule has 1 heterocycles. The monoisotopic (exact) mass is 477 g/mol. The molecular formula is C23H28FN3O5S. The van der Waals surface area contributed by atoms with Crippen LogP contribution in [-0.4, -0.2) is 68.8 Å². The van der Waals surface area contributed by atoms with Gasteiger partial charge in [0.1, 0.15) is 17.6 Å². The van der Waals surface area contributed by atoms with E-state index in [0.29, 0.717) is 11.3 Å². The van der Waals surface area contributed by atoms with Gasteiger partial charge in [0.25, 0.3) is 5.91 Å². The van der Waals surface area contributed by atoms with Gasteiger partial charge >= 0.3 is 0 Å². The lowest BCUT2D eigenvalue weighted by Gasteiger charge is -2.36. The number of halogens is 1. The first-order valence-electron chi connectivity index (χ1n) is 10.6. The Hall–Kier alpha value is -2.98. The number of amides is 2. The molecule has 10 heteroatoms. The lowest BCUT2D eigenvalue weighted by atomic mass is 10.0. The van der Waals surface area contributed by atoms with Crippen LogP contribution in [-0.2, 0) is 14.8 Å². The largest absolute Gasteiger partial charge is 0.496 e. The van der Waals surface area contributed by atoms with E-state index in [4.69, 9.17) is 4.74 Å². The maximum atomic E-state index is 13.5. The quantitative estimate of drug-likeness (QED) is 0.659. The van der Waals surface area contributed by atoms with Crippen LogP contribution in [0.25, 0.3) is 0 Å². The average Bonchev–Trinajstić information content (AvgIpc) is 2.81. The van der Waals surface area contributed by atoms with Gasteiger partial charge in [-0.25, -0.2) is 12.8 Å². The van der Waals surface area contributed by atoms with E-state index >= 15 is 0 Å². The summed E-state index contributed by atoms with van der Waals surface area (Å²) in [5.41, 5.74) is 0.324. The second-order valence-corrected chi connectivity index (χ2v) is 10.0. The van der Waals surface area contributed by atoms with E-state index in [-0.39, 0.29) is 42.9 Å².